The maximum absolute atomic E-state index is 13.0. The number of H-pyrrole nitrogens is 1. The van der Waals surface area contributed by atoms with Crippen LogP contribution in [0.2, 0.25) is 5.02 Å². The first kappa shape index (κ1) is 18.8. The molecule has 3 heterocycles. The Kier molecular flexibility index (Phi) is 4.45. The zero-order valence-electron chi connectivity index (χ0n) is 16.5. The van der Waals surface area contributed by atoms with Gasteiger partial charge in [-0.25, -0.2) is 4.98 Å². The van der Waals surface area contributed by atoms with E-state index in [1.807, 2.05) is 6.07 Å². The van der Waals surface area contributed by atoms with Crippen LogP contribution in [-0.2, 0) is 4.74 Å². The molecule has 1 aliphatic heterocycles. The average Bonchev–Trinajstić information content (AvgIpc) is 3.18. The minimum Gasteiger partial charge on any atom is -0.378 e. The van der Waals surface area contributed by atoms with Crippen LogP contribution in [0.5, 0.6) is 0 Å². The molecule has 7 heteroatoms. The standard InChI is InChI=1S/C24H18ClN3O2S/c25-14-12-18(17-6-3-5-16-15-4-1-2-7-20(15)31-22(16)17)21-19(13-14)23(29)27-24(26-21)28-8-10-30-11-9-28/h1-7,12-13H,8-11H2,(H,26,27,29). The number of thiophene rings is 1. The molecule has 0 amide bonds. The lowest BCUT2D eigenvalue weighted by Gasteiger charge is -2.27. The maximum atomic E-state index is 13.0. The normalized spacial score (nSPS) is 14.7. The van der Waals surface area contributed by atoms with Gasteiger partial charge in [0.25, 0.3) is 5.56 Å². The Morgan fingerprint density at radius 3 is 2.65 bits per heavy atom. The number of aromatic amines is 1. The van der Waals surface area contributed by atoms with Crippen molar-refractivity contribution >= 4 is 60.0 Å². The van der Waals surface area contributed by atoms with Crippen molar-refractivity contribution < 1.29 is 4.74 Å². The summed E-state index contributed by atoms with van der Waals surface area (Å²) >= 11 is 8.21. The van der Waals surface area contributed by atoms with Gasteiger partial charge in [-0.15, -0.1) is 11.3 Å². The highest BCUT2D eigenvalue weighted by Gasteiger charge is 2.19. The molecule has 5 aromatic rings. The monoisotopic (exact) mass is 447 g/mol. The number of anilines is 1. The van der Waals surface area contributed by atoms with Crippen LogP contribution in [0, 0.1) is 0 Å². The summed E-state index contributed by atoms with van der Waals surface area (Å²) in [5.74, 6) is 0.577. The molecule has 154 valence electrons. The van der Waals surface area contributed by atoms with E-state index >= 15 is 0 Å². The van der Waals surface area contributed by atoms with Crippen molar-refractivity contribution in [1.29, 1.82) is 0 Å². The van der Waals surface area contributed by atoms with E-state index in [0.29, 0.717) is 48.2 Å². The van der Waals surface area contributed by atoms with Gasteiger partial charge in [0.2, 0.25) is 5.95 Å². The largest absolute Gasteiger partial charge is 0.378 e. The Labute approximate surface area is 186 Å². The van der Waals surface area contributed by atoms with Crippen molar-refractivity contribution in [2.24, 2.45) is 0 Å². The maximum Gasteiger partial charge on any atom is 0.260 e. The van der Waals surface area contributed by atoms with Crippen LogP contribution in [0.4, 0.5) is 5.95 Å². The fraction of sp³-hybridized carbons (Fsp3) is 0.167. The SMILES string of the molecule is O=c1[nH]c(N2CCOCC2)nc2c(-c3cccc4c3sc3ccccc34)cc(Cl)cc12. The molecular weight excluding hydrogens is 430 g/mol. The summed E-state index contributed by atoms with van der Waals surface area (Å²) in [5.41, 5.74) is 2.40. The Balaban J connectivity index is 1.65. The molecule has 1 saturated heterocycles. The van der Waals surface area contributed by atoms with E-state index in [2.05, 4.69) is 52.3 Å². The van der Waals surface area contributed by atoms with Gasteiger partial charge in [0.05, 0.1) is 24.1 Å². The van der Waals surface area contributed by atoms with Crippen LogP contribution in [-0.4, -0.2) is 36.3 Å². The molecule has 0 unspecified atom stereocenters. The Bertz CT molecular complexity index is 1520. The molecule has 31 heavy (non-hydrogen) atoms. The third kappa shape index (κ3) is 3.10. The summed E-state index contributed by atoms with van der Waals surface area (Å²) < 4.78 is 7.85. The number of rotatable bonds is 2. The number of hydrogen-bond donors (Lipinski definition) is 1. The number of nitrogens with zero attached hydrogens (tertiary/aromatic N) is 2. The molecule has 0 atom stereocenters. The molecule has 0 spiro atoms. The third-order valence-corrected chi connectivity index (χ3v) is 7.21. The van der Waals surface area contributed by atoms with E-state index < -0.39 is 0 Å². The van der Waals surface area contributed by atoms with Gasteiger partial charge >= 0.3 is 0 Å². The van der Waals surface area contributed by atoms with Gasteiger partial charge < -0.3 is 9.64 Å². The summed E-state index contributed by atoms with van der Waals surface area (Å²) in [6, 6.07) is 18.3. The second kappa shape index (κ2) is 7.34. The van der Waals surface area contributed by atoms with E-state index in [0.717, 1.165) is 11.1 Å². The van der Waals surface area contributed by atoms with Crippen LogP contribution in [0.3, 0.4) is 0 Å². The molecule has 6 rings (SSSR count). The predicted molar refractivity (Wildman–Crippen MR) is 129 cm³/mol. The third-order valence-electron chi connectivity index (χ3n) is 5.77. The minimum absolute atomic E-state index is 0.182. The molecule has 2 aromatic heterocycles. The smallest absolute Gasteiger partial charge is 0.260 e. The molecule has 3 aromatic carbocycles. The highest BCUT2D eigenvalue weighted by Crippen LogP contribution is 2.41. The van der Waals surface area contributed by atoms with Gasteiger partial charge in [0.1, 0.15) is 0 Å². The number of nitrogens with one attached hydrogen (secondary N) is 1. The average molecular weight is 448 g/mol. The van der Waals surface area contributed by atoms with Gasteiger partial charge in [0, 0.05) is 49.4 Å². The van der Waals surface area contributed by atoms with Crippen LogP contribution in [0.25, 0.3) is 42.2 Å². The summed E-state index contributed by atoms with van der Waals surface area (Å²) in [4.78, 5) is 22.9. The van der Waals surface area contributed by atoms with Gasteiger partial charge in [-0.05, 0) is 18.2 Å². The van der Waals surface area contributed by atoms with E-state index in [4.69, 9.17) is 21.3 Å². The molecule has 1 N–H and O–H groups in total. The molecule has 0 radical (unpaired) electrons. The fourth-order valence-electron chi connectivity index (χ4n) is 4.29. The number of benzene rings is 3. The number of halogens is 1. The Morgan fingerprint density at radius 2 is 1.77 bits per heavy atom. The highest BCUT2D eigenvalue weighted by molar-refractivity contribution is 7.26. The lowest BCUT2D eigenvalue weighted by atomic mass is 10.00. The Morgan fingerprint density at radius 1 is 0.968 bits per heavy atom. The fourth-order valence-corrected chi connectivity index (χ4v) is 5.73. The summed E-state index contributed by atoms with van der Waals surface area (Å²) in [7, 11) is 0. The first-order valence-corrected chi connectivity index (χ1v) is 11.4. The number of fused-ring (bicyclic) bond motifs is 4. The molecule has 1 aliphatic rings. The van der Waals surface area contributed by atoms with Crippen molar-refractivity contribution in [3.63, 3.8) is 0 Å². The zero-order valence-corrected chi connectivity index (χ0v) is 18.1. The van der Waals surface area contributed by atoms with Crippen molar-refractivity contribution in [3.05, 3.63) is 70.0 Å². The van der Waals surface area contributed by atoms with E-state index in [-0.39, 0.29) is 5.56 Å². The quantitative estimate of drug-likeness (QED) is 0.391. The van der Waals surface area contributed by atoms with Crippen molar-refractivity contribution in [2.45, 2.75) is 0 Å². The Hall–Kier alpha value is -2.93. The summed E-state index contributed by atoms with van der Waals surface area (Å²) in [6.07, 6.45) is 0. The van der Waals surface area contributed by atoms with Crippen LogP contribution in [0.1, 0.15) is 0 Å². The lowest BCUT2D eigenvalue weighted by Crippen LogP contribution is -2.38. The molecular formula is C24H18ClN3O2S. The van der Waals surface area contributed by atoms with Crippen molar-refractivity contribution in [1.82, 2.24) is 9.97 Å². The lowest BCUT2D eigenvalue weighted by molar-refractivity contribution is 0.122. The number of hydrogen-bond acceptors (Lipinski definition) is 5. The van der Waals surface area contributed by atoms with E-state index in [1.165, 1.54) is 20.2 Å². The van der Waals surface area contributed by atoms with E-state index in [1.54, 1.807) is 17.4 Å². The van der Waals surface area contributed by atoms with Crippen molar-refractivity contribution in [3.8, 4) is 11.1 Å². The number of aromatic nitrogens is 2. The van der Waals surface area contributed by atoms with Crippen LogP contribution in [0.15, 0.2) is 59.4 Å². The van der Waals surface area contributed by atoms with Gasteiger partial charge in [-0.2, -0.15) is 0 Å². The molecule has 0 aliphatic carbocycles. The first-order chi connectivity index (χ1) is 15.2. The second-order valence-corrected chi connectivity index (χ2v) is 9.11. The van der Waals surface area contributed by atoms with E-state index in [9.17, 15) is 4.79 Å². The topological polar surface area (TPSA) is 58.2 Å². The van der Waals surface area contributed by atoms with Crippen LogP contribution < -0.4 is 10.5 Å². The van der Waals surface area contributed by atoms with Crippen molar-refractivity contribution in [2.75, 3.05) is 31.2 Å². The minimum atomic E-state index is -0.182. The highest BCUT2D eigenvalue weighted by atomic mass is 35.5. The first-order valence-electron chi connectivity index (χ1n) is 10.2. The predicted octanol–water partition coefficient (Wildman–Crippen LogP) is 5.45. The van der Waals surface area contributed by atoms with Gasteiger partial charge in [-0.3, -0.25) is 9.78 Å². The zero-order chi connectivity index (χ0) is 20.9. The number of morpholine rings is 1. The molecule has 0 saturated carbocycles. The number of ether oxygens (including phenoxy) is 1. The summed E-state index contributed by atoms with van der Waals surface area (Å²) in [6.45, 7) is 2.64. The van der Waals surface area contributed by atoms with Gasteiger partial charge in [-0.1, -0.05) is 48.0 Å². The van der Waals surface area contributed by atoms with Gasteiger partial charge in [0.15, 0.2) is 0 Å². The molecule has 5 nitrogen and oxygen atoms in total. The van der Waals surface area contributed by atoms with Crippen LogP contribution >= 0.6 is 22.9 Å². The second-order valence-electron chi connectivity index (χ2n) is 7.62. The molecule has 0 bridgehead atoms. The molecule has 1 fully saturated rings. The summed E-state index contributed by atoms with van der Waals surface area (Å²) in [5, 5.41) is 3.45.